The van der Waals surface area contributed by atoms with E-state index in [1.54, 1.807) is 19.1 Å². The lowest BCUT2D eigenvalue weighted by molar-refractivity contribution is -0.662. The Bertz CT molecular complexity index is 2120. The second-order valence-electron chi connectivity index (χ2n) is 9.88. The van der Waals surface area contributed by atoms with Gasteiger partial charge in [0.1, 0.15) is 24.0 Å². The van der Waals surface area contributed by atoms with Gasteiger partial charge in [0, 0.05) is 32.0 Å². The third kappa shape index (κ3) is 4.21. The van der Waals surface area contributed by atoms with Gasteiger partial charge in [0.2, 0.25) is 11.9 Å². The molecule has 0 radical (unpaired) electrons. The molecule has 0 fully saturated rings. The minimum absolute atomic E-state index is 0.230. The van der Waals surface area contributed by atoms with Crippen molar-refractivity contribution in [1.82, 2.24) is 0 Å². The Morgan fingerprint density at radius 3 is 2.00 bits per heavy atom. The van der Waals surface area contributed by atoms with E-state index in [1.165, 1.54) is 17.7 Å². The number of pyridine rings is 1. The number of aromatic nitrogens is 1. The Kier molecular flexibility index (Phi) is 4.38. The van der Waals surface area contributed by atoms with Crippen LogP contribution in [0, 0.1) is 25.5 Å². The molecule has 0 atom stereocenters. The molecule has 6 rings (SSSR count). The molecule has 0 spiro atoms. The van der Waals surface area contributed by atoms with E-state index in [2.05, 4.69) is 0 Å². The average Bonchev–Trinajstić information content (AvgIpc) is 3.35. The van der Waals surface area contributed by atoms with Crippen LogP contribution in [0.5, 0.6) is 0 Å². The molecule has 194 valence electrons. The van der Waals surface area contributed by atoms with E-state index in [-0.39, 0.29) is 16.8 Å². The highest BCUT2D eigenvalue weighted by Gasteiger charge is 2.25. The van der Waals surface area contributed by atoms with Crippen LogP contribution < -0.4 is 4.57 Å². The molecule has 0 N–H and O–H groups in total. The van der Waals surface area contributed by atoms with E-state index in [1.807, 2.05) is 61.5 Å². The zero-order valence-electron chi connectivity index (χ0n) is 28.7. The summed E-state index contributed by atoms with van der Waals surface area (Å²) in [5.41, 5.74) is 5.14. The van der Waals surface area contributed by atoms with E-state index in [0.29, 0.717) is 33.0 Å². The maximum Gasteiger partial charge on any atom is 0.216 e. The van der Waals surface area contributed by atoms with Crippen LogP contribution in [-0.2, 0) is 7.05 Å². The number of rotatable bonds is 4. The average molecular weight is 526 g/mol. The lowest BCUT2D eigenvalue weighted by atomic mass is 9.96. The quantitative estimate of drug-likeness (QED) is 0.210. The largest absolute Gasteiger partial charge is 0.454 e. The van der Waals surface area contributed by atoms with Gasteiger partial charge in [0.25, 0.3) is 0 Å². The molecule has 6 aromatic rings. The van der Waals surface area contributed by atoms with Crippen molar-refractivity contribution < 1.29 is 27.4 Å². The van der Waals surface area contributed by atoms with Gasteiger partial charge in [-0.25, -0.2) is 8.78 Å². The van der Waals surface area contributed by atoms with Crippen molar-refractivity contribution in [2.75, 3.05) is 0 Å². The van der Waals surface area contributed by atoms with Crippen molar-refractivity contribution in [3.63, 3.8) is 0 Å². The summed E-state index contributed by atoms with van der Waals surface area (Å²) in [6, 6.07) is 23.3. The summed E-state index contributed by atoms with van der Waals surface area (Å²) in [4.78, 5) is 0. The Morgan fingerprint density at radius 2 is 1.33 bits per heavy atom. The van der Waals surface area contributed by atoms with Crippen LogP contribution in [0.25, 0.3) is 55.4 Å². The standard InChI is InChI=1S/C35H30F2NO/c1-20(2)28-18-31(38(5)19-30(28)37)32-22(4)8-15-26-27-16-17-29(36)33(35(27)39-34(26)32)25-13-11-24(12-14-25)23-9-6-21(3)7-10-23/h6-20H,1-5H3/q+1/i1D3,2D3,20D. The van der Waals surface area contributed by atoms with Gasteiger partial charge in [-0.3, -0.25) is 0 Å². The number of halogens is 2. The number of benzene rings is 4. The fourth-order valence-corrected chi connectivity index (χ4v) is 5.20. The predicted octanol–water partition coefficient (Wildman–Crippen LogP) is 9.43. The predicted molar refractivity (Wildman–Crippen MR) is 155 cm³/mol. The lowest BCUT2D eigenvalue weighted by Gasteiger charge is -2.10. The monoisotopic (exact) mass is 525 g/mol. The van der Waals surface area contributed by atoms with Gasteiger partial charge < -0.3 is 4.42 Å². The second-order valence-corrected chi connectivity index (χ2v) is 9.88. The van der Waals surface area contributed by atoms with Crippen molar-refractivity contribution in [2.45, 2.75) is 33.4 Å². The van der Waals surface area contributed by atoms with Crippen molar-refractivity contribution in [3.8, 4) is 33.5 Å². The van der Waals surface area contributed by atoms with Crippen LogP contribution in [0.3, 0.4) is 0 Å². The van der Waals surface area contributed by atoms with Gasteiger partial charge in [-0.05, 0) is 54.1 Å². The first-order valence-electron chi connectivity index (χ1n) is 16.0. The number of fused-ring (bicyclic) bond motifs is 3. The summed E-state index contributed by atoms with van der Waals surface area (Å²) in [6.07, 6.45) is 0.965. The summed E-state index contributed by atoms with van der Waals surface area (Å²) >= 11 is 0. The van der Waals surface area contributed by atoms with Crippen LogP contribution in [0.2, 0.25) is 0 Å². The topological polar surface area (TPSA) is 17.0 Å². The Balaban J connectivity index is 1.58. The first kappa shape index (κ1) is 18.1. The molecule has 2 aromatic heterocycles. The van der Waals surface area contributed by atoms with Gasteiger partial charge in [0.15, 0.2) is 5.82 Å². The molecule has 39 heavy (non-hydrogen) atoms. The van der Waals surface area contributed by atoms with E-state index in [0.717, 1.165) is 29.0 Å². The van der Waals surface area contributed by atoms with Gasteiger partial charge >= 0.3 is 0 Å². The maximum absolute atomic E-state index is 15.6. The maximum atomic E-state index is 15.6. The highest BCUT2D eigenvalue weighted by Crippen LogP contribution is 2.42. The SMILES string of the molecule is [2H]C([2H])([2H])C([2H])(c1cc(-c2c(C)ccc3c2oc2c(-c4ccc(-c5ccc(C)cc5)cc4)c(F)ccc23)[n+](C)cc1F)C([2H])([2H])[2H]. The molecule has 0 amide bonds. The molecule has 0 aliphatic rings. The molecule has 4 heteroatoms. The fourth-order valence-electron chi connectivity index (χ4n) is 5.20. The van der Waals surface area contributed by atoms with Crippen molar-refractivity contribution >= 4 is 21.9 Å². The number of furan rings is 1. The first-order valence-corrected chi connectivity index (χ1v) is 12.5. The van der Waals surface area contributed by atoms with Gasteiger partial charge in [0.05, 0.1) is 11.1 Å². The smallest absolute Gasteiger partial charge is 0.216 e. The number of nitrogens with zero attached hydrogens (tertiary/aromatic N) is 1. The molecule has 0 unspecified atom stereocenters. The molecular formula is C35H30F2NO+. The summed E-state index contributed by atoms with van der Waals surface area (Å²) in [6.45, 7) is -2.96. The minimum atomic E-state index is -3.38. The molecule has 2 nitrogen and oxygen atoms in total. The molecule has 0 aliphatic carbocycles. The molecule has 2 heterocycles. The normalized spacial score (nSPS) is 15.3. The third-order valence-electron chi connectivity index (χ3n) is 7.28. The molecule has 0 saturated carbocycles. The minimum Gasteiger partial charge on any atom is -0.454 e. The molecule has 0 aliphatic heterocycles. The Labute approximate surface area is 237 Å². The van der Waals surface area contributed by atoms with Gasteiger partial charge in [-0.1, -0.05) is 79.9 Å². The zero-order valence-corrected chi connectivity index (χ0v) is 21.7. The summed E-state index contributed by atoms with van der Waals surface area (Å²) in [5.74, 6) is -4.87. The molecule has 4 aromatic carbocycles. The lowest BCUT2D eigenvalue weighted by Crippen LogP contribution is -2.32. The number of aryl methyl sites for hydroxylation is 3. The number of hydrogen-bond acceptors (Lipinski definition) is 1. The van der Waals surface area contributed by atoms with Crippen LogP contribution >= 0.6 is 0 Å². The Hall–Kier alpha value is -4.31. The molecule has 0 bridgehead atoms. The Morgan fingerprint density at radius 1 is 0.744 bits per heavy atom. The van der Waals surface area contributed by atoms with Crippen molar-refractivity contribution in [3.05, 3.63) is 113 Å². The van der Waals surface area contributed by atoms with Crippen LogP contribution in [0.4, 0.5) is 8.78 Å². The van der Waals surface area contributed by atoms with Gasteiger partial charge in [-0.15, -0.1) is 0 Å². The van der Waals surface area contributed by atoms with Crippen LogP contribution in [0.15, 0.2) is 89.5 Å². The molecule has 0 saturated heterocycles. The van der Waals surface area contributed by atoms with E-state index in [4.69, 9.17) is 14.0 Å². The number of hydrogen-bond donors (Lipinski definition) is 0. The summed E-state index contributed by atoms with van der Waals surface area (Å²) < 4.78 is 94.9. The van der Waals surface area contributed by atoms with E-state index in [9.17, 15) is 0 Å². The fraction of sp³-hybridized carbons (Fsp3) is 0.171. The van der Waals surface area contributed by atoms with E-state index >= 15 is 8.78 Å². The third-order valence-corrected chi connectivity index (χ3v) is 7.28. The first-order chi connectivity index (χ1) is 21.5. The highest BCUT2D eigenvalue weighted by atomic mass is 19.1. The van der Waals surface area contributed by atoms with Crippen molar-refractivity contribution in [1.29, 1.82) is 0 Å². The summed E-state index contributed by atoms with van der Waals surface area (Å²) in [5, 5.41) is 1.25. The summed E-state index contributed by atoms with van der Waals surface area (Å²) in [7, 11) is 1.53. The van der Waals surface area contributed by atoms with Crippen LogP contribution in [0.1, 0.15) is 45.9 Å². The van der Waals surface area contributed by atoms with E-state index < -0.39 is 36.8 Å². The second kappa shape index (κ2) is 9.46. The molecular weight excluding hydrogens is 488 g/mol. The van der Waals surface area contributed by atoms with Crippen LogP contribution in [-0.4, -0.2) is 0 Å². The van der Waals surface area contributed by atoms with Crippen molar-refractivity contribution in [2.24, 2.45) is 7.05 Å². The zero-order chi connectivity index (χ0) is 33.3. The highest BCUT2D eigenvalue weighted by molar-refractivity contribution is 6.13. The van der Waals surface area contributed by atoms with Gasteiger partial charge in [-0.2, -0.15) is 4.57 Å².